The maximum absolute atomic E-state index is 12.0. The highest BCUT2D eigenvalue weighted by atomic mass is 79.9. The number of benzene rings is 1. The Kier molecular flexibility index (Phi) is 4.53. The van der Waals surface area contributed by atoms with E-state index in [9.17, 15) is 9.59 Å². The predicted molar refractivity (Wildman–Crippen MR) is 81.0 cm³/mol. The van der Waals surface area contributed by atoms with E-state index in [2.05, 4.69) is 21.2 Å². The summed E-state index contributed by atoms with van der Waals surface area (Å²) in [4.78, 5) is 23.9. The van der Waals surface area contributed by atoms with Gasteiger partial charge in [-0.25, -0.2) is 4.79 Å². The molecule has 0 aliphatic heterocycles. The van der Waals surface area contributed by atoms with Crippen LogP contribution in [-0.4, -0.2) is 17.0 Å². The molecule has 0 spiro atoms. The molecule has 0 saturated heterocycles. The molecule has 7 heteroatoms. The summed E-state index contributed by atoms with van der Waals surface area (Å²) in [5.74, 6) is -1.57. The van der Waals surface area contributed by atoms with Crippen molar-refractivity contribution in [1.82, 2.24) is 0 Å². The summed E-state index contributed by atoms with van der Waals surface area (Å²) < 4.78 is 0.621. The molecule has 0 fully saturated rings. The van der Waals surface area contributed by atoms with E-state index >= 15 is 0 Å². The standard InChI is InChI=1S/C13H11BrN2O3S/c14-7-3-4-9(8(6-7)13(18)19)16-12(17)11(15)10-2-1-5-20-10/h1-6,11H,15H2,(H,16,17)(H,18,19). The second-order valence-electron chi connectivity index (χ2n) is 3.98. The van der Waals surface area contributed by atoms with Gasteiger partial charge in [-0.15, -0.1) is 11.3 Å². The van der Waals surface area contributed by atoms with Gasteiger partial charge in [-0.05, 0) is 29.6 Å². The van der Waals surface area contributed by atoms with E-state index < -0.39 is 17.9 Å². The fraction of sp³-hybridized carbons (Fsp3) is 0.0769. The molecule has 104 valence electrons. The van der Waals surface area contributed by atoms with Crippen molar-refractivity contribution in [2.45, 2.75) is 6.04 Å². The topological polar surface area (TPSA) is 92.4 Å². The van der Waals surface area contributed by atoms with Crippen molar-refractivity contribution in [2.75, 3.05) is 5.32 Å². The van der Waals surface area contributed by atoms with Gasteiger partial charge in [-0.3, -0.25) is 4.79 Å². The van der Waals surface area contributed by atoms with Crippen LogP contribution in [0.5, 0.6) is 0 Å². The van der Waals surface area contributed by atoms with Gasteiger partial charge in [0.1, 0.15) is 6.04 Å². The summed E-state index contributed by atoms with van der Waals surface area (Å²) in [6.45, 7) is 0. The number of nitrogens with one attached hydrogen (secondary N) is 1. The van der Waals surface area contributed by atoms with Gasteiger partial charge in [0, 0.05) is 9.35 Å². The first kappa shape index (κ1) is 14.7. The van der Waals surface area contributed by atoms with Gasteiger partial charge < -0.3 is 16.2 Å². The molecular formula is C13H11BrN2O3S. The molecule has 0 saturated carbocycles. The van der Waals surface area contributed by atoms with Crippen LogP contribution in [0.1, 0.15) is 21.3 Å². The van der Waals surface area contributed by atoms with Crippen molar-refractivity contribution < 1.29 is 14.7 Å². The Balaban J connectivity index is 2.22. The Morgan fingerprint density at radius 2 is 2.10 bits per heavy atom. The van der Waals surface area contributed by atoms with Crippen molar-refractivity contribution in [2.24, 2.45) is 5.73 Å². The van der Waals surface area contributed by atoms with Gasteiger partial charge in [0.15, 0.2) is 0 Å². The first-order chi connectivity index (χ1) is 9.49. The highest BCUT2D eigenvalue weighted by molar-refractivity contribution is 9.10. The van der Waals surface area contributed by atoms with Gasteiger partial charge in [0.05, 0.1) is 11.3 Å². The molecule has 5 nitrogen and oxygen atoms in total. The lowest BCUT2D eigenvalue weighted by Crippen LogP contribution is -2.27. The molecule has 1 atom stereocenters. The van der Waals surface area contributed by atoms with E-state index in [4.69, 9.17) is 10.8 Å². The van der Waals surface area contributed by atoms with Crippen LogP contribution >= 0.6 is 27.3 Å². The van der Waals surface area contributed by atoms with E-state index in [1.54, 1.807) is 18.2 Å². The number of carbonyl (C=O) groups excluding carboxylic acids is 1. The van der Waals surface area contributed by atoms with Crippen LogP contribution in [0.4, 0.5) is 5.69 Å². The molecule has 1 aromatic carbocycles. The number of rotatable bonds is 4. The number of carbonyl (C=O) groups is 2. The Morgan fingerprint density at radius 1 is 1.35 bits per heavy atom. The highest BCUT2D eigenvalue weighted by Gasteiger charge is 2.19. The minimum Gasteiger partial charge on any atom is -0.478 e. The number of carboxylic acids is 1. The van der Waals surface area contributed by atoms with Crippen molar-refractivity contribution in [3.63, 3.8) is 0 Å². The zero-order valence-electron chi connectivity index (χ0n) is 10.2. The van der Waals surface area contributed by atoms with Crippen LogP contribution in [0.3, 0.4) is 0 Å². The maximum Gasteiger partial charge on any atom is 0.337 e. The summed E-state index contributed by atoms with van der Waals surface area (Å²) in [5, 5.41) is 13.5. The number of halogens is 1. The molecule has 0 aliphatic carbocycles. The summed E-state index contributed by atoms with van der Waals surface area (Å²) in [6.07, 6.45) is 0. The molecule has 1 amide bonds. The fourth-order valence-corrected chi connectivity index (χ4v) is 2.70. The average molecular weight is 355 g/mol. The van der Waals surface area contributed by atoms with Crippen molar-refractivity contribution in [1.29, 1.82) is 0 Å². The maximum atomic E-state index is 12.0. The van der Waals surface area contributed by atoms with Gasteiger partial charge in [0.25, 0.3) is 0 Å². The van der Waals surface area contributed by atoms with Gasteiger partial charge in [-0.2, -0.15) is 0 Å². The molecule has 1 heterocycles. The van der Waals surface area contributed by atoms with Crippen molar-refractivity contribution >= 4 is 44.8 Å². The fourth-order valence-electron chi connectivity index (χ4n) is 1.61. The predicted octanol–water partition coefficient (Wildman–Crippen LogP) is 2.85. The molecule has 1 unspecified atom stereocenters. The van der Waals surface area contributed by atoms with E-state index in [0.29, 0.717) is 4.47 Å². The van der Waals surface area contributed by atoms with Crippen LogP contribution in [0.25, 0.3) is 0 Å². The number of aromatic carboxylic acids is 1. The third-order valence-electron chi connectivity index (χ3n) is 2.60. The smallest absolute Gasteiger partial charge is 0.337 e. The molecule has 2 rings (SSSR count). The van der Waals surface area contributed by atoms with Crippen LogP contribution in [-0.2, 0) is 4.79 Å². The lowest BCUT2D eigenvalue weighted by Gasteiger charge is -2.12. The zero-order valence-corrected chi connectivity index (χ0v) is 12.6. The molecule has 1 aromatic heterocycles. The third-order valence-corrected chi connectivity index (χ3v) is 4.05. The van der Waals surface area contributed by atoms with Crippen molar-refractivity contribution in [3.05, 3.63) is 50.6 Å². The van der Waals surface area contributed by atoms with Crippen LogP contribution < -0.4 is 11.1 Å². The third kappa shape index (κ3) is 3.24. The molecule has 4 N–H and O–H groups in total. The van der Waals surface area contributed by atoms with E-state index in [1.807, 2.05) is 5.38 Å². The molecule has 0 bridgehead atoms. The first-order valence-corrected chi connectivity index (χ1v) is 7.29. The second-order valence-corrected chi connectivity index (χ2v) is 5.87. The molecular weight excluding hydrogens is 344 g/mol. The normalized spacial score (nSPS) is 11.9. The quantitative estimate of drug-likeness (QED) is 0.786. The number of amides is 1. The van der Waals surface area contributed by atoms with Gasteiger partial charge >= 0.3 is 5.97 Å². The highest BCUT2D eigenvalue weighted by Crippen LogP contribution is 2.23. The van der Waals surface area contributed by atoms with Gasteiger partial charge in [0.2, 0.25) is 5.91 Å². The summed E-state index contributed by atoms with van der Waals surface area (Å²) in [6, 6.07) is 7.34. The van der Waals surface area contributed by atoms with Crippen LogP contribution in [0.15, 0.2) is 40.2 Å². The summed E-state index contributed by atoms with van der Waals surface area (Å²) >= 11 is 4.57. The number of nitrogens with two attached hydrogens (primary N) is 1. The molecule has 2 aromatic rings. The second kappa shape index (κ2) is 6.17. The first-order valence-electron chi connectivity index (χ1n) is 5.61. The van der Waals surface area contributed by atoms with E-state index in [0.717, 1.165) is 4.88 Å². The number of anilines is 1. The van der Waals surface area contributed by atoms with Gasteiger partial charge in [-0.1, -0.05) is 22.0 Å². The largest absolute Gasteiger partial charge is 0.478 e. The Hall–Kier alpha value is -1.70. The Morgan fingerprint density at radius 3 is 2.70 bits per heavy atom. The molecule has 0 aliphatic rings. The molecule has 0 radical (unpaired) electrons. The number of thiophene rings is 1. The zero-order chi connectivity index (χ0) is 14.7. The van der Waals surface area contributed by atoms with E-state index in [-0.39, 0.29) is 11.3 Å². The van der Waals surface area contributed by atoms with Crippen molar-refractivity contribution in [3.8, 4) is 0 Å². The monoisotopic (exact) mass is 354 g/mol. The van der Waals surface area contributed by atoms with E-state index in [1.165, 1.54) is 23.5 Å². The minimum atomic E-state index is -1.12. The summed E-state index contributed by atoms with van der Waals surface area (Å²) in [5.41, 5.74) is 6.05. The number of hydrogen-bond acceptors (Lipinski definition) is 4. The average Bonchev–Trinajstić information content (AvgIpc) is 2.93. The number of carboxylic acid groups (broad SMARTS) is 1. The lowest BCUT2D eigenvalue weighted by molar-refractivity contribution is -0.117. The number of hydrogen-bond donors (Lipinski definition) is 3. The van der Waals surface area contributed by atoms with Crippen LogP contribution in [0, 0.1) is 0 Å². The Labute approximate surface area is 127 Å². The summed E-state index contributed by atoms with van der Waals surface area (Å²) in [7, 11) is 0. The molecule has 20 heavy (non-hydrogen) atoms. The lowest BCUT2D eigenvalue weighted by atomic mass is 10.1. The Bertz CT molecular complexity index is 643. The minimum absolute atomic E-state index is 0.00565. The van der Waals surface area contributed by atoms with Crippen LogP contribution in [0.2, 0.25) is 0 Å². The SMILES string of the molecule is NC(C(=O)Nc1ccc(Br)cc1C(=O)O)c1cccs1.